The molecule has 2 N–H and O–H groups in total. The molecule has 26 heavy (non-hydrogen) atoms. The van der Waals surface area contributed by atoms with Crippen LogP contribution in [0.2, 0.25) is 0 Å². The molecule has 3 aromatic carbocycles. The van der Waals surface area contributed by atoms with Crippen LogP contribution in [0.15, 0.2) is 48.5 Å². The van der Waals surface area contributed by atoms with Gasteiger partial charge in [0.05, 0.1) is 6.61 Å². The van der Waals surface area contributed by atoms with Gasteiger partial charge in [-0.05, 0) is 59.2 Å². The Morgan fingerprint density at radius 2 is 1.81 bits per heavy atom. The molecule has 0 unspecified atom stereocenters. The Labute approximate surface area is 150 Å². The lowest BCUT2D eigenvalue weighted by Crippen LogP contribution is -2.01. The first-order valence-corrected chi connectivity index (χ1v) is 8.54. The normalized spacial score (nSPS) is 11.3. The van der Waals surface area contributed by atoms with E-state index in [9.17, 15) is 5.11 Å². The van der Waals surface area contributed by atoms with Gasteiger partial charge in [-0.15, -0.1) is 15.0 Å². The van der Waals surface area contributed by atoms with Gasteiger partial charge in [0.1, 0.15) is 34.8 Å². The number of nitrogens with zero attached hydrogens (tertiary/aromatic N) is 3. The van der Waals surface area contributed by atoms with Gasteiger partial charge in [0, 0.05) is 0 Å². The number of benzene rings is 3. The number of ether oxygens (including phenoxy) is 1. The quantitative estimate of drug-likeness (QED) is 0.578. The summed E-state index contributed by atoms with van der Waals surface area (Å²) in [4.78, 5) is 1.46. The van der Waals surface area contributed by atoms with E-state index in [0.717, 1.165) is 28.2 Å². The minimum Gasteiger partial charge on any atom is -0.506 e. The average molecular weight is 349 g/mol. The van der Waals surface area contributed by atoms with E-state index < -0.39 is 0 Å². The average Bonchev–Trinajstić information content (AvgIpc) is 3.08. The lowest BCUT2D eigenvalue weighted by molar-refractivity contribution is 0.201. The summed E-state index contributed by atoms with van der Waals surface area (Å²) in [6.45, 7) is 2.29. The maximum Gasteiger partial charge on any atom is 0.143 e. The van der Waals surface area contributed by atoms with E-state index >= 15 is 0 Å². The van der Waals surface area contributed by atoms with Crippen molar-refractivity contribution < 1.29 is 14.9 Å². The summed E-state index contributed by atoms with van der Waals surface area (Å²) in [6.07, 6.45) is 0.931. The van der Waals surface area contributed by atoms with Crippen LogP contribution >= 0.6 is 0 Å². The predicted molar refractivity (Wildman–Crippen MR) is 100.0 cm³/mol. The molecular formula is C20H19N3O3. The molecule has 0 bridgehead atoms. The smallest absolute Gasteiger partial charge is 0.143 e. The molecule has 0 aliphatic rings. The molecule has 132 valence electrons. The number of aryl methyl sites for hydroxylation is 1. The molecule has 6 heteroatoms. The Kier molecular flexibility index (Phi) is 4.18. The minimum atomic E-state index is -0.0393. The highest BCUT2D eigenvalue weighted by atomic mass is 16.5. The molecule has 0 aliphatic heterocycles. The first kappa shape index (κ1) is 16.4. The second kappa shape index (κ2) is 6.65. The highest BCUT2D eigenvalue weighted by Gasteiger charge is 2.11. The van der Waals surface area contributed by atoms with Crippen LogP contribution in [0.4, 0.5) is 0 Å². The van der Waals surface area contributed by atoms with Crippen molar-refractivity contribution in [1.82, 2.24) is 15.0 Å². The van der Waals surface area contributed by atoms with Crippen LogP contribution in [0.25, 0.3) is 27.5 Å². The van der Waals surface area contributed by atoms with Gasteiger partial charge >= 0.3 is 0 Å². The summed E-state index contributed by atoms with van der Waals surface area (Å²) in [5.41, 5.74) is 3.27. The molecule has 6 nitrogen and oxygen atoms in total. The predicted octanol–water partition coefficient (Wildman–Crippen LogP) is 3.21. The van der Waals surface area contributed by atoms with E-state index in [0.29, 0.717) is 11.4 Å². The number of aromatic hydroxyl groups is 1. The number of hydrogen-bond donors (Lipinski definition) is 2. The zero-order chi connectivity index (χ0) is 18.1. The maximum absolute atomic E-state index is 10.4. The second-order valence-electron chi connectivity index (χ2n) is 6.09. The minimum absolute atomic E-state index is 0.0393. The van der Waals surface area contributed by atoms with Gasteiger partial charge in [0.15, 0.2) is 0 Å². The van der Waals surface area contributed by atoms with Crippen LogP contribution in [0.3, 0.4) is 0 Å². The van der Waals surface area contributed by atoms with Crippen molar-refractivity contribution >= 4 is 21.8 Å². The monoisotopic (exact) mass is 349 g/mol. The fourth-order valence-corrected chi connectivity index (χ4v) is 2.95. The first-order chi connectivity index (χ1) is 12.7. The zero-order valence-corrected chi connectivity index (χ0v) is 14.4. The third-order valence-corrected chi connectivity index (χ3v) is 4.33. The van der Waals surface area contributed by atoms with Gasteiger partial charge in [-0.25, -0.2) is 0 Å². The van der Waals surface area contributed by atoms with Crippen molar-refractivity contribution in [2.24, 2.45) is 0 Å². The van der Waals surface area contributed by atoms with Crippen LogP contribution in [0, 0.1) is 0 Å². The highest BCUT2D eigenvalue weighted by molar-refractivity contribution is 5.88. The molecule has 0 fully saturated rings. The topological polar surface area (TPSA) is 80.4 Å². The molecule has 1 heterocycles. The molecular weight excluding hydrogens is 330 g/mol. The number of aliphatic hydroxyl groups is 1. The van der Waals surface area contributed by atoms with Crippen molar-refractivity contribution in [2.45, 2.75) is 13.3 Å². The summed E-state index contributed by atoms with van der Waals surface area (Å²) >= 11 is 0. The summed E-state index contributed by atoms with van der Waals surface area (Å²) in [5, 5.41) is 30.1. The second-order valence-corrected chi connectivity index (χ2v) is 6.09. The van der Waals surface area contributed by atoms with E-state index in [-0.39, 0.29) is 19.0 Å². The Morgan fingerprint density at radius 3 is 2.62 bits per heavy atom. The molecule has 0 saturated carbocycles. The Morgan fingerprint density at radius 1 is 0.962 bits per heavy atom. The van der Waals surface area contributed by atoms with E-state index in [2.05, 4.69) is 17.1 Å². The summed E-state index contributed by atoms with van der Waals surface area (Å²) in [6, 6.07) is 15.0. The fourth-order valence-electron chi connectivity index (χ4n) is 2.95. The van der Waals surface area contributed by atoms with Crippen LogP contribution in [-0.2, 0) is 6.42 Å². The van der Waals surface area contributed by atoms with Gasteiger partial charge < -0.3 is 14.9 Å². The van der Waals surface area contributed by atoms with E-state index in [1.165, 1.54) is 10.4 Å². The van der Waals surface area contributed by atoms with Crippen molar-refractivity contribution in [3.05, 3.63) is 54.1 Å². The molecule has 0 radical (unpaired) electrons. The number of hydrogen-bond acceptors (Lipinski definition) is 5. The van der Waals surface area contributed by atoms with Gasteiger partial charge in [0.2, 0.25) is 0 Å². The molecule has 0 atom stereocenters. The molecule has 0 amide bonds. The van der Waals surface area contributed by atoms with Crippen LogP contribution < -0.4 is 4.74 Å². The summed E-state index contributed by atoms with van der Waals surface area (Å²) in [5.74, 6) is 0.770. The highest BCUT2D eigenvalue weighted by Crippen LogP contribution is 2.30. The van der Waals surface area contributed by atoms with Gasteiger partial charge in [0.25, 0.3) is 0 Å². The molecule has 4 rings (SSSR count). The SMILES string of the molecule is CCc1ccc2nn(-c3cc4cc(OCCO)ccc4cc3O)nc2c1. The summed E-state index contributed by atoms with van der Waals surface area (Å²) in [7, 11) is 0. The lowest BCUT2D eigenvalue weighted by Gasteiger charge is -2.08. The Balaban J connectivity index is 1.80. The first-order valence-electron chi connectivity index (χ1n) is 8.54. The van der Waals surface area contributed by atoms with Gasteiger partial charge in [-0.3, -0.25) is 0 Å². The number of rotatable bonds is 5. The fraction of sp³-hybridized carbons (Fsp3) is 0.200. The number of phenols is 1. The van der Waals surface area contributed by atoms with E-state index in [4.69, 9.17) is 9.84 Å². The standard InChI is InChI=1S/C20H19N3O3/c1-2-13-3-6-17-18(9-13)22-23(21-17)19-11-15-10-16(26-8-7-24)5-4-14(15)12-20(19)25/h3-6,9-12,24-25H,2,7-8H2,1H3. The lowest BCUT2D eigenvalue weighted by atomic mass is 10.1. The largest absolute Gasteiger partial charge is 0.506 e. The van der Waals surface area contributed by atoms with Crippen molar-refractivity contribution in [2.75, 3.05) is 13.2 Å². The Hall–Kier alpha value is -3.12. The van der Waals surface area contributed by atoms with Gasteiger partial charge in [-0.1, -0.05) is 19.1 Å². The third kappa shape index (κ3) is 2.95. The van der Waals surface area contributed by atoms with Crippen molar-refractivity contribution in [3.8, 4) is 17.2 Å². The number of aliphatic hydroxyl groups excluding tert-OH is 1. The van der Waals surface area contributed by atoms with E-state index in [1.807, 2.05) is 42.5 Å². The maximum atomic E-state index is 10.4. The Bertz CT molecular complexity index is 1090. The third-order valence-electron chi connectivity index (χ3n) is 4.33. The molecule has 0 aliphatic carbocycles. The molecule has 0 spiro atoms. The van der Waals surface area contributed by atoms with Crippen molar-refractivity contribution in [3.63, 3.8) is 0 Å². The van der Waals surface area contributed by atoms with Crippen LogP contribution in [-0.4, -0.2) is 38.4 Å². The van der Waals surface area contributed by atoms with Crippen LogP contribution in [0.1, 0.15) is 12.5 Å². The molecule has 4 aromatic rings. The zero-order valence-electron chi connectivity index (χ0n) is 14.4. The van der Waals surface area contributed by atoms with E-state index in [1.54, 1.807) is 6.07 Å². The van der Waals surface area contributed by atoms with Gasteiger partial charge in [-0.2, -0.15) is 0 Å². The molecule has 1 aromatic heterocycles. The number of fused-ring (bicyclic) bond motifs is 2. The number of aromatic nitrogens is 3. The molecule has 0 saturated heterocycles. The van der Waals surface area contributed by atoms with Crippen molar-refractivity contribution in [1.29, 1.82) is 0 Å². The summed E-state index contributed by atoms with van der Waals surface area (Å²) < 4.78 is 5.46. The number of phenolic OH excluding ortho intramolecular Hbond substituents is 1. The van der Waals surface area contributed by atoms with Crippen LogP contribution in [0.5, 0.6) is 11.5 Å².